The lowest BCUT2D eigenvalue weighted by Gasteiger charge is -2.49. The molecule has 0 radical (unpaired) electrons. The summed E-state index contributed by atoms with van der Waals surface area (Å²) in [4.78, 5) is 5.47. The number of nitrogens with zero attached hydrogens (tertiary/aromatic N) is 2. The molecule has 0 saturated carbocycles. The fourth-order valence-electron chi connectivity index (χ4n) is 15.0. The maximum absolute atomic E-state index is 7.88. The maximum Gasteiger partial charge on any atom is 0.297 e. The van der Waals surface area contributed by atoms with Crippen LogP contribution in [-0.4, -0.2) is 6.71 Å². The molecule has 0 saturated heterocycles. The Bertz CT molecular complexity index is 3250. The van der Waals surface area contributed by atoms with E-state index in [0.717, 1.165) is 24.9 Å². The molecule has 368 valence electrons. The summed E-state index contributed by atoms with van der Waals surface area (Å²) in [6, 6.07) is 34.6. The van der Waals surface area contributed by atoms with Crippen LogP contribution in [0, 0.1) is 6.92 Å². The average molecular weight is 941 g/mol. The highest BCUT2D eigenvalue weighted by molar-refractivity contribution is 6.99. The predicted molar refractivity (Wildman–Crippen MR) is 304 cm³/mol. The summed E-state index contributed by atoms with van der Waals surface area (Å²) in [5, 5.41) is 0. The highest BCUT2D eigenvalue weighted by Crippen LogP contribution is 2.59. The third-order valence-electron chi connectivity index (χ3n) is 20.0. The lowest BCUT2D eigenvalue weighted by molar-refractivity contribution is 0.282. The predicted octanol–water partition coefficient (Wildman–Crippen LogP) is 16.7. The second-order valence-electron chi connectivity index (χ2n) is 28.8. The highest BCUT2D eigenvalue weighted by atomic mass is 16.3. The first-order valence-electron chi connectivity index (χ1n) is 27.6. The van der Waals surface area contributed by atoms with E-state index in [0.29, 0.717) is 0 Å². The molecule has 5 aromatic carbocycles. The fourth-order valence-corrected chi connectivity index (χ4v) is 15.0. The third kappa shape index (κ3) is 6.66. The highest BCUT2D eigenvalue weighted by Gasteiger charge is 2.54. The smallest absolute Gasteiger partial charge is 0.297 e. The minimum absolute atomic E-state index is 0.0401. The molecule has 0 spiro atoms. The molecule has 4 heteroatoms. The molecule has 6 aliphatic rings. The minimum Gasteiger partial charge on any atom is -0.472 e. The molecule has 0 bridgehead atoms. The van der Waals surface area contributed by atoms with Crippen molar-refractivity contribution in [1.82, 2.24) is 0 Å². The summed E-state index contributed by atoms with van der Waals surface area (Å²) in [5.74, 6) is 1.17. The van der Waals surface area contributed by atoms with Crippen molar-refractivity contribution in [2.45, 2.75) is 212 Å². The Kier molecular flexibility index (Phi) is 9.70. The largest absolute Gasteiger partial charge is 0.472 e. The number of hydrogen-bond acceptors (Lipinski definition) is 3. The number of para-hydroxylation sites is 1. The van der Waals surface area contributed by atoms with E-state index in [2.05, 4.69) is 212 Å². The number of fused-ring (bicyclic) bond motifs is 10. The van der Waals surface area contributed by atoms with Crippen LogP contribution >= 0.6 is 0 Å². The van der Waals surface area contributed by atoms with Crippen LogP contribution in [0.15, 0.2) is 89.3 Å². The SMILES string of the molecule is Cc1cc2c3c(c1)N(c1ccccc1-c1ccc4c(c1)C(C)(C)CCC4(C)C)c1c(oc4c1C(C)(C)CCC4(C)C)B3c1ccc3c(c1N2c1ccc2c(c1)C(C)(C)CCC2(C)C)C(C)(C)CCC3(C)C. The summed E-state index contributed by atoms with van der Waals surface area (Å²) in [5.41, 5.74) is 26.0. The van der Waals surface area contributed by atoms with Gasteiger partial charge in [0.1, 0.15) is 5.76 Å². The first-order valence-corrected chi connectivity index (χ1v) is 27.6. The molecule has 0 N–H and O–H groups in total. The van der Waals surface area contributed by atoms with Crippen molar-refractivity contribution in [3.63, 3.8) is 0 Å². The number of aryl methyl sites for hydroxylation is 1. The first kappa shape index (κ1) is 47.1. The zero-order valence-electron chi connectivity index (χ0n) is 46.6. The molecule has 71 heavy (non-hydrogen) atoms. The van der Waals surface area contributed by atoms with Gasteiger partial charge in [-0.05, 0) is 182 Å². The summed E-state index contributed by atoms with van der Waals surface area (Å²) < 4.78 is 7.88. The van der Waals surface area contributed by atoms with Crippen LogP contribution in [0.5, 0.6) is 0 Å². The van der Waals surface area contributed by atoms with Gasteiger partial charge in [-0.3, -0.25) is 0 Å². The summed E-state index contributed by atoms with van der Waals surface area (Å²) in [6.07, 6.45) is 9.28. The Balaban J connectivity index is 1.20. The summed E-state index contributed by atoms with van der Waals surface area (Å²) in [7, 11) is 0. The molecule has 0 fully saturated rings. The number of furan rings is 1. The van der Waals surface area contributed by atoms with Gasteiger partial charge in [-0.1, -0.05) is 165 Å². The van der Waals surface area contributed by atoms with E-state index >= 15 is 0 Å². The van der Waals surface area contributed by atoms with Crippen molar-refractivity contribution >= 4 is 57.4 Å². The van der Waals surface area contributed by atoms with Gasteiger partial charge in [0.2, 0.25) is 0 Å². The van der Waals surface area contributed by atoms with E-state index in [1.54, 1.807) is 0 Å². The van der Waals surface area contributed by atoms with Crippen molar-refractivity contribution in [3.8, 4) is 11.1 Å². The van der Waals surface area contributed by atoms with Crippen LogP contribution in [-0.2, 0) is 43.3 Å². The maximum atomic E-state index is 7.88. The van der Waals surface area contributed by atoms with E-state index in [1.807, 2.05) is 0 Å². The van der Waals surface area contributed by atoms with Crippen molar-refractivity contribution < 1.29 is 4.42 Å². The van der Waals surface area contributed by atoms with Gasteiger partial charge in [0.15, 0.2) is 0 Å². The zero-order valence-corrected chi connectivity index (χ0v) is 46.6. The van der Waals surface area contributed by atoms with E-state index < -0.39 is 0 Å². The van der Waals surface area contributed by atoms with Gasteiger partial charge in [-0.15, -0.1) is 0 Å². The van der Waals surface area contributed by atoms with Crippen molar-refractivity contribution in [1.29, 1.82) is 0 Å². The van der Waals surface area contributed by atoms with Gasteiger partial charge in [-0.25, -0.2) is 0 Å². The number of benzene rings is 5. The lowest BCUT2D eigenvalue weighted by atomic mass is 9.34. The van der Waals surface area contributed by atoms with Gasteiger partial charge in [-0.2, -0.15) is 0 Å². The summed E-state index contributed by atoms with van der Waals surface area (Å²) >= 11 is 0. The monoisotopic (exact) mass is 941 g/mol. The molecule has 2 aliphatic heterocycles. The Labute approximate surface area is 428 Å². The summed E-state index contributed by atoms with van der Waals surface area (Å²) in [6.45, 7) is 41.8. The molecule has 0 unspecified atom stereocenters. The van der Waals surface area contributed by atoms with E-state index in [9.17, 15) is 0 Å². The molecule has 0 atom stereocenters. The molecule has 3 nitrogen and oxygen atoms in total. The second-order valence-corrected chi connectivity index (χ2v) is 28.8. The van der Waals surface area contributed by atoms with Crippen LogP contribution in [0.4, 0.5) is 34.1 Å². The van der Waals surface area contributed by atoms with Crippen LogP contribution < -0.4 is 26.4 Å². The minimum atomic E-state index is -0.121. The number of rotatable bonds is 3. The Morgan fingerprint density at radius 3 is 1.55 bits per heavy atom. The molecular formula is C67H81BN2O. The second kappa shape index (κ2) is 14.6. The van der Waals surface area contributed by atoms with Crippen LogP contribution in [0.25, 0.3) is 11.1 Å². The average Bonchev–Trinajstić information content (AvgIpc) is 3.73. The van der Waals surface area contributed by atoms with Gasteiger partial charge in [0.25, 0.3) is 6.71 Å². The van der Waals surface area contributed by atoms with E-state index in [4.69, 9.17) is 4.42 Å². The van der Waals surface area contributed by atoms with Gasteiger partial charge >= 0.3 is 0 Å². The Hall–Kier alpha value is -4.96. The lowest BCUT2D eigenvalue weighted by Crippen LogP contribution is -2.62. The standard InChI is InChI=1S/C67H81BN2O/c1-40-36-51-55-52(37-40)70(50-21-19-18-20-43(50)41-22-24-44-47(38-41)63(8,9)30-28-60(44,2)3)57-54-58(67(16,17)35-34-66(54,14)15)71-59(57)68(55)49-27-26-46-53(65(12,13)33-32-62(46,6)7)56(49)69(51)42-23-25-45-48(39-42)64(10,11)31-29-61(45,4)5/h18-27,36-39H,28-35H2,1-17H3. The van der Waals surface area contributed by atoms with Crippen LogP contribution in [0.1, 0.15) is 212 Å². The first-order chi connectivity index (χ1) is 33.1. The number of anilines is 6. The molecule has 6 aromatic rings. The normalized spacial score (nSPS) is 22.5. The Morgan fingerprint density at radius 2 is 0.915 bits per heavy atom. The van der Waals surface area contributed by atoms with Crippen molar-refractivity contribution in [2.75, 3.05) is 9.80 Å². The van der Waals surface area contributed by atoms with Gasteiger partial charge < -0.3 is 14.2 Å². The van der Waals surface area contributed by atoms with E-state index in [-0.39, 0.29) is 50.0 Å². The van der Waals surface area contributed by atoms with Gasteiger partial charge in [0.05, 0.1) is 17.0 Å². The quantitative estimate of drug-likeness (QED) is 0.165. The molecule has 1 aromatic heterocycles. The van der Waals surface area contributed by atoms with Gasteiger partial charge in [0, 0.05) is 39.3 Å². The fraction of sp³-hybridized carbons (Fsp3) is 0.493. The molecule has 3 heterocycles. The molecular weight excluding hydrogens is 860 g/mol. The molecule has 0 amide bonds. The molecule has 4 aliphatic carbocycles. The number of hydrogen-bond donors (Lipinski definition) is 0. The topological polar surface area (TPSA) is 19.6 Å². The molecule has 12 rings (SSSR count). The van der Waals surface area contributed by atoms with Crippen molar-refractivity contribution in [2.24, 2.45) is 0 Å². The van der Waals surface area contributed by atoms with Crippen LogP contribution in [0.2, 0.25) is 0 Å². The van der Waals surface area contributed by atoms with Crippen LogP contribution in [0.3, 0.4) is 0 Å². The Morgan fingerprint density at radius 1 is 0.423 bits per heavy atom. The van der Waals surface area contributed by atoms with E-state index in [1.165, 1.54) is 139 Å². The zero-order chi connectivity index (χ0) is 50.5. The van der Waals surface area contributed by atoms with Crippen molar-refractivity contribution in [3.05, 3.63) is 135 Å². The third-order valence-corrected chi connectivity index (χ3v) is 20.0.